The summed E-state index contributed by atoms with van der Waals surface area (Å²) in [5.41, 5.74) is 1.75. The van der Waals surface area contributed by atoms with Gasteiger partial charge in [0, 0.05) is 41.8 Å². The molecule has 1 aliphatic carbocycles. The lowest BCUT2D eigenvalue weighted by Crippen LogP contribution is -2.54. The predicted molar refractivity (Wildman–Crippen MR) is 131 cm³/mol. The molecule has 2 atom stereocenters. The molecular formula is C26H36N4O4. The molecule has 1 fully saturated rings. The molecule has 8 nitrogen and oxygen atoms in total. The van der Waals surface area contributed by atoms with Crippen molar-refractivity contribution in [1.82, 2.24) is 16.0 Å². The van der Waals surface area contributed by atoms with E-state index in [1.54, 1.807) is 0 Å². The lowest BCUT2D eigenvalue weighted by Gasteiger charge is -2.44. The molecule has 1 aromatic rings. The van der Waals surface area contributed by atoms with E-state index in [0.29, 0.717) is 12.5 Å². The lowest BCUT2D eigenvalue weighted by atomic mass is 9.83. The van der Waals surface area contributed by atoms with Crippen molar-refractivity contribution in [3.63, 3.8) is 0 Å². The van der Waals surface area contributed by atoms with Gasteiger partial charge < -0.3 is 25.6 Å². The first kappa shape index (κ1) is 25.6. The number of anilines is 1. The minimum absolute atomic E-state index is 0.0684. The second-order valence-electron chi connectivity index (χ2n) is 10.1. The summed E-state index contributed by atoms with van der Waals surface area (Å²) in [7, 11) is 0. The van der Waals surface area contributed by atoms with E-state index < -0.39 is 6.09 Å². The van der Waals surface area contributed by atoms with Crippen LogP contribution in [0.1, 0.15) is 71.9 Å². The van der Waals surface area contributed by atoms with Crippen molar-refractivity contribution in [2.24, 2.45) is 0 Å². The van der Waals surface area contributed by atoms with E-state index in [4.69, 9.17) is 4.74 Å². The molecule has 3 rings (SSSR count). The molecule has 0 saturated heterocycles. The highest BCUT2D eigenvalue weighted by atomic mass is 16.5. The molecule has 1 saturated carbocycles. The zero-order valence-corrected chi connectivity index (χ0v) is 20.7. The number of benzene rings is 1. The van der Waals surface area contributed by atoms with Crippen molar-refractivity contribution < 1.29 is 19.1 Å². The Morgan fingerprint density at radius 1 is 1.12 bits per heavy atom. The van der Waals surface area contributed by atoms with Gasteiger partial charge in [-0.25, -0.2) is 4.79 Å². The number of hydrogen-bond acceptors (Lipinski definition) is 5. The number of rotatable bonds is 5. The van der Waals surface area contributed by atoms with Crippen LogP contribution < -0.4 is 20.9 Å². The number of carbonyl (C=O) groups is 3. The zero-order chi connectivity index (χ0) is 24.9. The second kappa shape index (κ2) is 10.9. The molecule has 184 valence electrons. The van der Waals surface area contributed by atoms with Crippen LogP contribution >= 0.6 is 0 Å². The number of nitrogens with zero attached hydrogens (tertiary/aromatic N) is 1. The molecule has 1 aliphatic heterocycles. The van der Waals surface area contributed by atoms with Gasteiger partial charge in [-0.1, -0.05) is 31.0 Å². The number of hydrogen-bond donors (Lipinski definition) is 3. The summed E-state index contributed by atoms with van der Waals surface area (Å²) in [6.07, 6.45) is 2.42. The maximum atomic E-state index is 12.5. The normalized spacial score (nSPS) is 23.5. The summed E-state index contributed by atoms with van der Waals surface area (Å²) >= 11 is 0. The standard InChI is InChI=1S/C26H36N4O4/c1-6-24(32)30-17(2)14-21(20-10-7-8-11-22(20)30)27-18-15-19(16-18)28-23(31)12-9-13-34-25(33)29-26(3,4)5/h7-8,10-11,17-19,21,27H,6,13-16H2,1-5H3,(H,28,31)(H,29,33)/t17-,18?,19?,21+/m0/s1. The molecule has 34 heavy (non-hydrogen) atoms. The number of fused-ring (bicyclic) bond motifs is 1. The molecule has 0 unspecified atom stereocenters. The molecule has 8 heteroatoms. The third-order valence-electron chi connectivity index (χ3n) is 6.03. The second-order valence-corrected chi connectivity index (χ2v) is 10.1. The van der Waals surface area contributed by atoms with Gasteiger partial charge in [-0.05, 0) is 64.5 Å². The average molecular weight is 469 g/mol. The zero-order valence-electron chi connectivity index (χ0n) is 20.7. The van der Waals surface area contributed by atoms with Crippen molar-refractivity contribution in [2.75, 3.05) is 11.5 Å². The number of ether oxygens (including phenoxy) is 1. The molecule has 3 amide bonds. The number of amides is 3. The van der Waals surface area contributed by atoms with Gasteiger partial charge in [0.05, 0.1) is 0 Å². The first-order chi connectivity index (χ1) is 16.1. The molecule has 1 heterocycles. The summed E-state index contributed by atoms with van der Waals surface area (Å²) in [5, 5.41) is 9.28. The van der Waals surface area contributed by atoms with Gasteiger partial charge >= 0.3 is 6.09 Å². The summed E-state index contributed by atoms with van der Waals surface area (Å²) in [4.78, 5) is 38.0. The van der Waals surface area contributed by atoms with Crippen LogP contribution in [0.5, 0.6) is 0 Å². The molecule has 0 radical (unpaired) electrons. The van der Waals surface area contributed by atoms with Gasteiger partial charge in [0.15, 0.2) is 6.61 Å². The summed E-state index contributed by atoms with van der Waals surface area (Å²) in [6, 6.07) is 8.75. The number of para-hydroxylation sites is 1. The highest BCUT2D eigenvalue weighted by Gasteiger charge is 2.37. The predicted octanol–water partition coefficient (Wildman–Crippen LogP) is 3.03. The molecular weight excluding hydrogens is 432 g/mol. The smallest absolute Gasteiger partial charge is 0.408 e. The van der Waals surface area contributed by atoms with Crippen LogP contribution in [-0.2, 0) is 14.3 Å². The minimum Gasteiger partial charge on any atom is -0.436 e. The molecule has 0 aromatic heterocycles. The van der Waals surface area contributed by atoms with Crippen molar-refractivity contribution in [3.05, 3.63) is 29.8 Å². The van der Waals surface area contributed by atoms with Gasteiger partial charge in [-0.2, -0.15) is 0 Å². The average Bonchev–Trinajstić information content (AvgIpc) is 2.73. The molecule has 0 spiro atoms. The monoisotopic (exact) mass is 468 g/mol. The van der Waals surface area contributed by atoms with Gasteiger partial charge in [-0.15, -0.1) is 0 Å². The van der Waals surface area contributed by atoms with Crippen molar-refractivity contribution in [3.8, 4) is 11.8 Å². The van der Waals surface area contributed by atoms with Crippen molar-refractivity contribution in [2.45, 2.75) is 90.0 Å². The van der Waals surface area contributed by atoms with Crippen LogP contribution in [0.4, 0.5) is 10.5 Å². The third-order valence-corrected chi connectivity index (χ3v) is 6.03. The first-order valence-corrected chi connectivity index (χ1v) is 12.0. The summed E-state index contributed by atoms with van der Waals surface area (Å²) in [5.74, 6) is 4.82. The Balaban J connectivity index is 1.45. The molecule has 2 aliphatic rings. The van der Waals surface area contributed by atoms with E-state index in [1.807, 2.05) is 50.8 Å². The van der Waals surface area contributed by atoms with Crippen molar-refractivity contribution in [1.29, 1.82) is 0 Å². The van der Waals surface area contributed by atoms with E-state index in [1.165, 1.54) is 0 Å². The van der Waals surface area contributed by atoms with Gasteiger partial charge in [-0.3, -0.25) is 9.59 Å². The summed E-state index contributed by atoms with van der Waals surface area (Å²) in [6.45, 7) is 9.40. The van der Waals surface area contributed by atoms with Crippen LogP contribution in [0, 0.1) is 11.8 Å². The van der Waals surface area contributed by atoms with Crippen LogP contribution in [0.25, 0.3) is 0 Å². The Kier molecular flexibility index (Phi) is 8.21. The Labute approximate surface area is 202 Å². The Morgan fingerprint density at radius 3 is 2.50 bits per heavy atom. The van der Waals surface area contributed by atoms with Crippen LogP contribution in [-0.4, -0.2) is 48.2 Å². The van der Waals surface area contributed by atoms with E-state index >= 15 is 0 Å². The fraction of sp³-hybridized carbons (Fsp3) is 0.577. The largest absolute Gasteiger partial charge is 0.436 e. The van der Waals surface area contributed by atoms with Crippen LogP contribution in [0.2, 0.25) is 0 Å². The van der Waals surface area contributed by atoms with E-state index in [-0.39, 0.29) is 42.1 Å². The van der Waals surface area contributed by atoms with E-state index in [0.717, 1.165) is 30.5 Å². The van der Waals surface area contributed by atoms with E-state index in [9.17, 15) is 14.4 Å². The molecule has 0 bridgehead atoms. The first-order valence-electron chi connectivity index (χ1n) is 12.0. The fourth-order valence-electron chi connectivity index (χ4n) is 4.46. The highest BCUT2D eigenvalue weighted by molar-refractivity contribution is 5.95. The maximum absolute atomic E-state index is 12.5. The molecule has 1 aromatic carbocycles. The highest BCUT2D eigenvalue weighted by Crippen LogP contribution is 2.38. The Bertz CT molecular complexity index is 969. The maximum Gasteiger partial charge on any atom is 0.408 e. The number of alkyl carbamates (subject to hydrolysis) is 1. The quantitative estimate of drug-likeness (QED) is 0.577. The fourth-order valence-corrected chi connectivity index (χ4v) is 4.46. The lowest BCUT2D eigenvalue weighted by molar-refractivity contribution is -0.119. The Hall–Kier alpha value is -3.05. The Morgan fingerprint density at radius 2 is 1.82 bits per heavy atom. The van der Waals surface area contributed by atoms with Crippen molar-refractivity contribution >= 4 is 23.6 Å². The van der Waals surface area contributed by atoms with Gasteiger partial charge in [0.1, 0.15) is 0 Å². The molecule has 3 N–H and O–H groups in total. The SMILES string of the molecule is CCC(=O)N1c2ccccc2[C@H](NC2CC(NC(=O)C#CCOC(=O)NC(C)(C)C)C2)C[C@@H]1C. The van der Waals surface area contributed by atoms with Crippen LogP contribution in [0.15, 0.2) is 24.3 Å². The van der Waals surface area contributed by atoms with E-state index in [2.05, 4.69) is 40.8 Å². The summed E-state index contributed by atoms with van der Waals surface area (Å²) < 4.78 is 4.94. The van der Waals surface area contributed by atoms with Crippen LogP contribution in [0.3, 0.4) is 0 Å². The number of carbonyl (C=O) groups excluding carboxylic acids is 3. The van der Waals surface area contributed by atoms with Gasteiger partial charge in [0.2, 0.25) is 5.91 Å². The number of nitrogens with one attached hydrogen (secondary N) is 3. The van der Waals surface area contributed by atoms with Gasteiger partial charge in [0.25, 0.3) is 5.91 Å². The topological polar surface area (TPSA) is 99.8 Å². The third kappa shape index (κ3) is 6.73. The minimum atomic E-state index is -0.559.